The van der Waals surface area contributed by atoms with Gasteiger partial charge in [-0.15, -0.1) is 0 Å². The van der Waals surface area contributed by atoms with Gasteiger partial charge in [-0.25, -0.2) is 9.97 Å². The average molecular weight is 296 g/mol. The first kappa shape index (κ1) is 14.0. The van der Waals surface area contributed by atoms with Gasteiger partial charge in [-0.3, -0.25) is 4.57 Å². The number of nitrogens with zero attached hydrogens (tertiary/aromatic N) is 3. The van der Waals surface area contributed by atoms with Crippen LogP contribution >= 0.6 is 0 Å². The van der Waals surface area contributed by atoms with E-state index in [1.807, 2.05) is 30.5 Å². The van der Waals surface area contributed by atoms with E-state index in [0.717, 1.165) is 22.7 Å². The molecule has 0 aliphatic heterocycles. The van der Waals surface area contributed by atoms with Crippen LogP contribution in [-0.2, 0) is 11.3 Å². The van der Waals surface area contributed by atoms with Gasteiger partial charge in [-0.05, 0) is 23.4 Å². The molecule has 21 heavy (non-hydrogen) atoms. The van der Waals surface area contributed by atoms with Crippen LogP contribution < -0.4 is 5.19 Å². The number of ether oxygens (including phenoxy) is 1. The van der Waals surface area contributed by atoms with Crippen LogP contribution in [0.4, 0.5) is 0 Å². The third-order valence-electron chi connectivity index (χ3n) is 3.44. The zero-order valence-corrected chi connectivity index (χ0v) is 13.5. The van der Waals surface area contributed by atoms with Gasteiger partial charge in [0, 0.05) is 13.3 Å². The number of para-hydroxylation sites is 2. The second-order valence-corrected chi connectivity index (χ2v) is 7.70. The van der Waals surface area contributed by atoms with E-state index < -0.39 is 8.80 Å². The van der Waals surface area contributed by atoms with Crippen LogP contribution in [0.1, 0.15) is 5.82 Å². The highest BCUT2D eigenvalue weighted by molar-refractivity contribution is 6.71. The van der Waals surface area contributed by atoms with Crippen molar-refractivity contribution >= 4 is 25.0 Å². The summed E-state index contributed by atoms with van der Waals surface area (Å²) in [5, 5.41) is 1.31. The van der Waals surface area contributed by atoms with Crippen LogP contribution in [0.15, 0.2) is 42.6 Å². The lowest BCUT2D eigenvalue weighted by molar-refractivity contribution is 0.177. The summed E-state index contributed by atoms with van der Waals surface area (Å²) in [7, 11) is 1.07. The topological polar surface area (TPSA) is 39.9 Å². The summed E-state index contributed by atoms with van der Waals surface area (Å²) in [5.74, 6) is 1.87. The maximum Gasteiger partial charge on any atom is 0.141 e. The van der Waals surface area contributed by atoms with Crippen molar-refractivity contribution in [1.82, 2.24) is 14.5 Å². The van der Waals surface area contributed by atoms with Gasteiger partial charge < -0.3 is 4.74 Å². The van der Waals surface area contributed by atoms with Crippen LogP contribution in [0.5, 0.6) is 0 Å². The third-order valence-corrected chi connectivity index (χ3v) is 4.91. The smallest absolute Gasteiger partial charge is 0.141 e. The van der Waals surface area contributed by atoms with Crippen molar-refractivity contribution in [3.8, 4) is 5.82 Å². The Morgan fingerprint density at radius 2 is 1.95 bits per heavy atom. The molecule has 0 amide bonds. The van der Waals surface area contributed by atoms with Gasteiger partial charge in [0.15, 0.2) is 0 Å². The van der Waals surface area contributed by atoms with Crippen molar-refractivity contribution in [2.24, 2.45) is 0 Å². The van der Waals surface area contributed by atoms with Gasteiger partial charge in [0.2, 0.25) is 0 Å². The molecule has 0 saturated heterocycles. The fourth-order valence-electron chi connectivity index (χ4n) is 2.50. The van der Waals surface area contributed by atoms with E-state index in [1.54, 1.807) is 7.11 Å². The van der Waals surface area contributed by atoms with E-state index in [0.29, 0.717) is 6.61 Å². The number of hydrogen-bond acceptors (Lipinski definition) is 3. The monoisotopic (exact) mass is 296 g/mol. The molecule has 5 heteroatoms. The SMILES string of the molecule is COCc1nc2ccccc2n1-c1ncccc1[Si](C)C. The van der Waals surface area contributed by atoms with Gasteiger partial charge in [-0.1, -0.05) is 31.3 Å². The molecule has 0 atom stereocenters. The largest absolute Gasteiger partial charge is 0.377 e. The van der Waals surface area contributed by atoms with Gasteiger partial charge in [0.05, 0.1) is 19.8 Å². The van der Waals surface area contributed by atoms with E-state index in [1.165, 1.54) is 5.19 Å². The lowest BCUT2D eigenvalue weighted by Crippen LogP contribution is -2.29. The van der Waals surface area contributed by atoms with E-state index in [2.05, 4.69) is 39.8 Å². The summed E-state index contributed by atoms with van der Waals surface area (Å²) in [6, 6.07) is 12.3. The van der Waals surface area contributed by atoms with Gasteiger partial charge in [-0.2, -0.15) is 0 Å². The van der Waals surface area contributed by atoms with Crippen molar-refractivity contribution < 1.29 is 4.74 Å². The third kappa shape index (κ3) is 2.50. The zero-order chi connectivity index (χ0) is 14.8. The first-order valence-electron chi connectivity index (χ1n) is 6.93. The zero-order valence-electron chi connectivity index (χ0n) is 12.5. The first-order chi connectivity index (χ1) is 10.2. The number of fused-ring (bicyclic) bond motifs is 1. The molecule has 0 saturated carbocycles. The number of methoxy groups -OCH3 is 1. The van der Waals surface area contributed by atoms with Gasteiger partial charge in [0.25, 0.3) is 0 Å². The van der Waals surface area contributed by atoms with Crippen LogP contribution in [0.25, 0.3) is 16.9 Å². The van der Waals surface area contributed by atoms with Crippen molar-refractivity contribution in [1.29, 1.82) is 0 Å². The summed E-state index contributed by atoms with van der Waals surface area (Å²) in [5.41, 5.74) is 2.05. The molecule has 1 radical (unpaired) electrons. The van der Waals surface area contributed by atoms with Gasteiger partial charge >= 0.3 is 0 Å². The molecule has 4 nitrogen and oxygen atoms in total. The fourth-order valence-corrected chi connectivity index (χ4v) is 3.56. The van der Waals surface area contributed by atoms with E-state index in [9.17, 15) is 0 Å². The predicted molar refractivity (Wildman–Crippen MR) is 86.7 cm³/mol. The minimum absolute atomic E-state index is 0.472. The Morgan fingerprint density at radius 3 is 2.71 bits per heavy atom. The molecule has 0 bridgehead atoms. The van der Waals surface area contributed by atoms with E-state index in [-0.39, 0.29) is 0 Å². The Hall–Kier alpha value is -1.98. The molecule has 3 rings (SSSR count). The summed E-state index contributed by atoms with van der Waals surface area (Å²) >= 11 is 0. The fraction of sp³-hybridized carbons (Fsp3) is 0.250. The normalized spacial score (nSPS) is 11.4. The van der Waals surface area contributed by atoms with E-state index >= 15 is 0 Å². The van der Waals surface area contributed by atoms with Crippen LogP contribution in [0, 0.1) is 0 Å². The molecule has 0 aliphatic carbocycles. The Morgan fingerprint density at radius 1 is 1.14 bits per heavy atom. The second-order valence-electron chi connectivity index (χ2n) is 5.16. The molecular weight excluding hydrogens is 278 g/mol. The Kier molecular flexibility index (Phi) is 3.85. The molecule has 3 aromatic rings. The molecule has 0 unspecified atom stereocenters. The minimum Gasteiger partial charge on any atom is -0.377 e. The van der Waals surface area contributed by atoms with Crippen molar-refractivity contribution in [3.05, 3.63) is 48.4 Å². The predicted octanol–water partition coefficient (Wildman–Crippen LogP) is 2.53. The van der Waals surface area contributed by atoms with E-state index in [4.69, 9.17) is 4.74 Å². The van der Waals surface area contributed by atoms with Crippen molar-refractivity contribution in [3.63, 3.8) is 0 Å². The maximum absolute atomic E-state index is 5.32. The summed E-state index contributed by atoms with van der Waals surface area (Å²) in [6.45, 7) is 5.03. The molecule has 2 aromatic heterocycles. The Balaban J connectivity index is 2.31. The average Bonchev–Trinajstić information content (AvgIpc) is 2.85. The molecule has 0 N–H and O–H groups in total. The number of benzene rings is 1. The molecule has 1 aromatic carbocycles. The lowest BCUT2D eigenvalue weighted by Gasteiger charge is -2.14. The highest BCUT2D eigenvalue weighted by Crippen LogP contribution is 2.20. The van der Waals surface area contributed by atoms with Crippen molar-refractivity contribution in [2.45, 2.75) is 19.7 Å². The number of rotatable bonds is 4. The minimum atomic E-state index is -0.618. The number of imidazole rings is 1. The van der Waals surface area contributed by atoms with Gasteiger partial charge in [0.1, 0.15) is 18.2 Å². The number of aromatic nitrogens is 3. The molecular formula is C16H18N3OSi. The maximum atomic E-state index is 5.32. The first-order valence-corrected chi connectivity index (χ1v) is 9.43. The summed E-state index contributed by atoms with van der Waals surface area (Å²) < 4.78 is 7.45. The van der Waals surface area contributed by atoms with Crippen molar-refractivity contribution in [2.75, 3.05) is 7.11 Å². The molecule has 0 aliphatic rings. The molecule has 0 fully saturated rings. The van der Waals surface area contributed by atoms with Crippen LogP contribution in [0.3, 0.4) is 0 Å². The molecule has 0 spiro atoms. The van der Waals surface area contributed by atoms with Crippen LogP contribution in [0.2, 0.25) is 13.1 Å². The Labute approximate surface area is 126 Å². The Bertz CT molecular complexity index is 767. The molecule has 2 heterocycles. The highest BCUT2D eigenvalue weighted by Gasteiger charge is 2.17. The van der Waals surface area contributed by atoms with Crippen LogP contribution in [-0.4, -0.2) is 30.4 Å². The quantitative estimate of drug-likeness (QED) is 0.695. The summed E-state index contributed by atoms with van der Waals surface area (Å²) in [4.78, 5) is 9.32. The molecule has 107 valence electrons. The number of pyridine rings is 1. The highest BCUT2D eigenvalue weighted by atomic mass is 28.3. The number of hydrogen-bond donors (Lipinski definition) is 0. The second kappa shape index (κ2) is 5.79. The summed E-state index contributed by atoms with van der Waals surface area (Å²) in [6.07, 6.45) is 1.84. The standard InChI is InChI=1S/C16H18N3OSi/c1-20-11-15-18-12-7-4-5-8-13(12)19(15)16-14(21(2)3)9-6-10-17-16/h4-10H,11H2,1-3H3. The lowest BCUT2D eigenvalue weighted by atomic mass is 10.3.